The zero-order chi connectivity index (χ0) is 13.2. The Hall–Kier alpha value is -1.24. The number of hydrogen-bond donors (Lipinski definition) is 1. The number of aliphatic hydroxyl groups excluding tert-OH is 1. The predicted octanol–water partition coefficient (Wildman–Crippen LogP) is 2.47. The van der Waals surface area contributed by atoms with E-state index in [0.29, 0.717) is 17.5 Å². The summed E-state index contributed by atoms with van der Waals surface area (Å²) in [5, 5.41) is 14.0. The SMILES string of the molecule is O=C(c1cnc(-c2ccsc2)s1)N(CCO)C1CC1. The third-order valence-corrected chi connectivity index (χ3v) is 4.79. The lowest BCUT2D eigenvalue weighted by Crippen LogP contribution is -2.35. The summed E-state index contributed by atoms with van der Waals surface area (Å²) in [6, 6.07) is 2.32. The lowest BCUT2D eigenvalue weighted by atomic mass is 10.4. The van der Waals surface area contributed by atoms with Crippen LogP contribution in [0.1, 0.15) is 22.5 Å². The largest absolute Gasteiger partial charge is 0.395 e. The molecule has 1 aliphatic carbocycles. The number of carbonyl (C=O) groups is 1. The number of aliphatic hydroxyl groups is 1. The molecule has 1 N–H and O–H groups in total. The van der Waals surface area contributed by atoms with Gasteiger partial charge in [-0.2, -0.15) is 11.3 Å². The number of thiophene rings is 1. The average molecular weight is 294 g/mol. The summed E-state index contributed by atoms with van der Waals surface area (Å²) in [5.74, 6) is -0.00414. The van der Waals surface area contributed by atoms with Gasteiger partial charge in [-0.1, -0.05) is 0 Å². The molecule has 0 unspecified atom stereocenters. The second-order valence-corrected chi connectivity index (χ2v) is 6.31. The van der Waals surface area contributed by atoms with Gasteiger partial charge in [0, 0.05) is 23.5 Å². The van der Waals surface area contributed by atoms with Crippen LogP contribution in [0.2, 0.25) is 0 Å². The molecule has 0 aromatic carbocycles. The quantitative estimate of drug-likeness (QED) is 0.921. The van der Waals surface area contributed by atoms with Crippen molar-refractivity contribution in [2.75, 3.05) is 13.2 Å². The van der Waals surface area contributed by atoms with E-state index in [1.54, 1.807) is 22.4 Å². The summed E-state index contributed by atoms with van der Waals surface area (Å²) in [4.78, 5) is 19.1. The molecule has 2 aromatic heterocycles. The highest BCUT2D eigenvalue weighted by Crippen LogP contribution is 2.31. The molecule has 6 heteroatoms. The fourth-order valence-electron chi connectivity index (χ4n) is 1.98. The second kappa shape index (κ2) is 5.40. The average Bonchev–Trinajstić information content (AvgIpc) is 2.95. The summed E-state index contributed by atoms with van der Waals surface area (Å²) in [6.45, 7) is 0.424. The first-order chi connectivity index (χ1) is 9.29. The molecule has 0 spiro atoms. The molecule has 19 heavy (non-hydrogen) atoms. The third kappa shape index (κ3) is 2.70. The lowest BCUT2D eigenvalue weighted by Gasteiger charge is -2.20. The monoisotopic (exact) mass is 294 g/mol. The smallest absolute Gasteiger partial charge is 0.265 e. The van der Waals surface area contributed by atoms with Crippen LogP contribution in [-0.2, 0) is 0 Å². The number of hydrogen-bond acceptors (Lipinski definition) is 5. The van der Waals surface area contributed by atoms with Crippen LogP contribution in [0.4, 0.5) is 0 Å². The van der Waals surface area contributed by atoms with Crippen molar-refractivity contribution in [2.24, 2.45) is 0 Å². The fourth-order valence-corrected chi connectivity index (χ4v) is 3.56. The number of thiazole rings is 1. The van der Waals surface area contributed by atoms with Crippen LogP contribution in [0.15, 0.2) is 23.0 Å². The van der Waals surface area contributed by atoms with Crippen molar-refractivity contribution in [3.8, 4) is 10.6 Å². The third-order valence-electron chi connectivity index (χ3n) is 3.07. The van der Waals surface area contributed by atoms with Crippen molar-refractivity contribution < 1.29 is 9.90 Å². The predicted molar refractivity (Wildman–Crippen MR) is 76.6 cm³/mol. The molecule has 1 fully saturated rings. The van der Waals surface area contributed by atoms with Gasteiger partial charge in [0.15, 0.2) is 0 Å². The molecule has 100 valence electrons. The molecule has 0 aliphatic heterocycles. The van der Waals surface area contributed by atoms with Crippen LogP contribution in [0.5, 0.6) is 0 Å². The highest BCUT2D eigenvalue weighted by molar-refractivity contribution is 7.17. The van der Waals surface area contributed by atoms with Crippen LogP contribution in [0.25, 0.3) is 10.6 Å². The molecule has 2 aromatic rings. The van der Waals surface area contributed by atoms with E-state index in [0.717, 1.165) is 23.4 Å². The van der Waals surface area contributed by atoms with E-state index in [-0.39, 0.29) is 12.5 Å². The molecule has 1 amide bonds. The van der Waals surface area contributed by atoms with Crippen LogP contribution in [0, 0.1) is 0 Å². The molecule has 2 heterocycles. The molecule has 1 aliphatic rings. The van der Waals surface area contributed by atoms with Crippen LogP contribution < -0.4 is 0 Å². The highest BCUT2D eigenvalue weighted by Gasteiger charge is 2.33. The molecular formula is C13H14N2O2S2. The van der Waals surface area contributed by atoms with E-state index in [9.17, 15) is 4.79 Å². The minimum Gasteiger partial charge on any atom is -0.395 e. The first-order valence-electron chi connectivity index (χ1n) is 6.20. The zero-order valence-corrected chi connectivity index (χ0v) is 11.9. The molecule has 0 radical (unpaired) electrons. The zero-order valence-electron chi connectivity index (χ0n) is 10.3. The number of carbonyl (C=O) groups excluding carboxylic acids is 1. The van der Waals surface area contributed by atoms with E-state index in [1.165, 1.54) is 11.3 Å². The van der Waals surface area contributed by atoms with E-state index in [2.05, 4.69) is 4.98 Å². The maximum Gasteiger partial charge on any atom is 0.265 e. The van der Waals surface area contributed by atoms with Crippen LogP contribution >= 0.6 is 22.7 Å². The number of amides is 1. The van der Waals surface area contributed by atoms with Gasteiger partial charge in [0.1, 0.15) is 9.88 Å². The molecule has 0 saturated heterocycles. The molecule has 3 rings (SSSR count). The Kier molecular flexibility index (Phi) is 3.63. The van der Waals surface area contributed by atoms with Gasteiger partial charge in [0.25, 0.3) is 5.91 Å². The fraction of sp³-hybridized carbons (Fsp3) is 0.385. The Balaban J connectivity index is 1.79. The number of rotatable bonds is 5. The van der Waals surface area contributed by atoms with E-state index in [1.807, 2.05) is 16.8 Å². The van der Waals surface area contributed by atoms with Gasteiger partial charge < -0.3 is 10.0 Å². The van der Waals surface area contributed by atoms with Crippen molar-refractivity contribution in [3.05, 3.63) is 27.9 Å². The summed E-state index contributed by atoms with van der Waals surface area (Å²) in [6.07, 6.45) is 3.73. The Morgan fingerprint density at radius 3 is 3.00 bits per heavy atom. The molecule has 0 atom stereocenters. The van der Waals surface area contributed by atoms with Crippen molar-refractivity contribution in [3.63, 3.8) is 0 Å². The summed E-state index contributed by atoms with van der Waals surface area (Å²) >= 11 is 3.04. The van der Waals surface area contributed by atoms with Crippen molar-refractivity contribution >= 4 is 28.6 Å². The van der Waals surface area contributed by atoms with Gasteiger partial charge in [-0.05, 0) is 24.3 Å². The lowest BCUT2D eigenvalue weighted by molar-refractivity contribution is 0.0712. The van der Waals surface area contributed by atoms with E-state index in [4.69, 9.17) is 5.11 Å². The topological polar surface area (TPSA) is 53.4 Å². The number of nitrogens with zero attached hydrogens (tertiary/aromatic N) is 2. The Morgan fingerprint density at radius 2 is 2.37 bits per heavy atom. The summed E-state index contributed by atoms with van der Waals surface area (Å²) in [5.41, 5.74) is 1.06. The Bertz CT molecular complexity index is 561. The Labute approximate surface area is 119 Å². The second-order valence-electron chi connectivity index (χ2n) is 4.50. The highest BCUT2D eigenvalue weighted by atomic mass is 32.1. The molecule has 4 nitrogen and oxygen atoms in total. The van der Waals surface area contributed by atoms with Gasteiger partial charge in [0.2, 0.25) is 0 Å². The van der Waals surface area contributed by atoms with E-state index < -0.39 is 0 Å². The molecule has 1 saturated carbocycles. The maximum absolute atomic E-state index is 12.4. The van der Waals surface area contributed by atoms with Crippen molar-refractivity contribution in [1.29, 1.82) is 0 Å². The minimum absolute atomic E-state index is 0.00414. The maximum atomic E-state index is 12.4. The van der Waals surface area contributed by atoms with Gasteiger partial charge in [-0.3, -0.25) is 4.79 Å². The normalized spacial score (nSPS) is 14.6. The first-order valence-corrected chi connectivity index (χ1v) is 7.96. The van der Waals surface area contributed by atoms with Crippen molar-refractivity contribution in [1.82, 2.24) is 9.88 Å². The Morgan fingerprint density at radius 1 is 1.53 bits per heavy atom. The molecular weight excluding hydrogens is 280 g/mol. The van der Waals surface area contributed by atoms with E-state index >= 15 is 0 Å². The first kappa shape index (κ1) is 12.8. The summed E-state index contributed by atoms with van der Waals surface area (Å²) < 4.78 is 0. The van der Waals surface area contributed by atoms with Gasteiger partial charge >= 0.3 is 0 Å². The van der Waals surface area contributed by atoms with Crippen LogP contribution in [-0.4, -0.2) is 40.1 Å². The van der Waals surface area contributed by atoms with Gasteiger partial charge in [-0.25, -0.2) is 4.98 Å². The van der Waals surface area contributed by atoms with Crippen LogP contribution in [0.3, 0.4) is 0 Å². The van der Waals surface area contributed by atoms with Crippen molar-refractivity contribution in [2.45, 2.75) is 18.9 Å². The van der Waals surface area contributed by atoms with Gasteiger partial charge in [-0.15, -0.1) is 11.3 Å². The number of aromatic nitrogens is 1. The molecule has 0 bridgehead atoms. The minimum atomic E-state index is -0.00414. The summed E-state index contributed by atoms with van der Waals surface area (Å²) in [7, 11) is 0. The standard InChI is InChI=1S/C13H14N2O2S2/c16-5-4-15(10-1-2-10)13(17)11-7-14-12(19-11)9-3-6-18-8-9/h3,6-8,10,16H,1-2,4-5H2. The van der Waals surface area contributed by atoms with Gasteiger partial charge in [0.05, 0.1) is 12.8 Å².